The molecule has 160 valence electrons. The average Bonchev–Trinajstić information content (AvgIpc) is 3.31. The molecule has 2 heterocycles. The zero-order chi connectivity index (χ0) is 22.3. The molecule has 0 unspecified atom stereocenters. The lowest BCUT2D eigenvalue weighted by Gasteiger charge is -2.13. The second-order valence-corrected chi connectivity index (χ2v) is 7.96. The molecular weight excluding hydrogens is 397 g/mol. The van der Waals surface area contributed by atoms with E-state index in [1.165, 1.54) is 12.1 Å². The van der Waals surface area contributed by atoms with Gasteiger partial charge in [-0.3, -0.25) is 4.79 Å². The largest absolute Gasteiger partial charge is 0.341 e. The van der Waals surface area contributed by atoms with E-state index < -0.39 is 6.04 Å². The smallest absolute Gasteiger partial charge is 0.252 e. The Kier molecular flexibility index (Phi) is 5.31. The second kappa shape index (κ2) is 7.94. The first-order chi connectivity index (χ1) is 14.7. The van der Waals surface area contributed by atoms with Gasteiger partial charge in [-0.2, -0.15) is 4.98 Å². The van der Waals surface area contributed by atoms with Gasteiger partial charge in [0, 0.05) is 24.1 Å². The molecule has 1 atom stereocenters. The van der Waals surface area contributed by atoms with Crippen molar-refractivity contribution in [2.45, 2.75) is 39.7 Å². The predicted octanol–water partition coefficient (Wildman–Crippen LogP) is 4.69. The first kappa shape index (κ1) is 20.7. The molecule has 0 spiro atoms. The lowest BCUT2D eigenvalue weighted by molar-refractivity contribution is 0.0932. The van der Waals surface area contributed by atoms with Crippen molar-refractivity contribution < 1.29 is 13.7 Å². The van der Waals surface area contributed by atoms with Crippen LogP contribution in [0.5, 0.6) is 0 Å². The molecule has 0 radical (unpaired) electrons. The van der Waals surface area contributed by atoms with Crippen LogP contribution in [-0.2, 0) is 7.05 Å². The standard InChI is InChI=1S/C23H24FN5O2/c1-12(2)21-27-19-11-16(22(30)25-13(3)23-26-14(4)28-31-23)10-18(20(19)29(21)5)15-6-8-17(24)9-7-15/h6-13H,1-5H3,(H,25,30)/t13-/m1/s1. The van der Waals surface area contributed by atoms with Gasteiger partial charge in [-0.05, 0) is 43.7 Å². The van der Waals surface area contributed by atoms with Crippen LogP contribution in [0.1, 0.15) is 60.6 Å². The van der Waals surface area contributed by atoms with Gasteiger partial charge in [0.15, 0.2) is 5.82 Å². The summed E-state index contributed by atoms with van der Waals surface area (Å²) in [7, 11) is 1.96. The van der Waals surface area contributed by atoms with Crippen LogP contribution < -0.4 is 5.32 Å². The van der Waals surface area contributed by atoms with E-state index in [1.54, 1.807) is 32.0 Å². The number of benzene rings is 2. The van der Waals surface area contributed by atoms with Crippen LogP contribution in [0.2, 0.25) is 0 Å². The van der Waals surface area contributed by atoms with E-state index in [4.69, 9.17) is 9.51 Å². The Bertz CT molecular complexity index is 1260. The predicted molar refractivity (Wildman–Crippen MR) is 115 cm³/mol. The summed E-state index contributed by atoms with van der Waals surface area (Å²) >= 11 is 0. The molecule has 8 heteroatoms. The third kappa shape index (κ3) is 3.93. The number of nitrogens with one attached hydrogen (secondary N) is 1. The van der Waals surface area contributed by atoms with Crippen LogP contribution in [0.4, 0.5) is 4.39 Å². The van der Waals surface area contributed by atoms with Gasteiger partial charge < -0.3 is 14.4 Å². The van der Waals surface area contributed by atoms with Crippen molar-refractivity contribution >= 4 is 16.9 Å². The monoisotopic (exact) mass is 421 g/mol. The van der Waals surface area contributed by atoms with Crippen molar-refractivity contribution in [2.75, 3.05) is 0 Å². The number of nitrogens with zero attached hydrogens (tertiary/aromatic N) is 4. The van der Waals surface area contributed by atoms with Crippen LogP contribution in [0, 0.1) is 12.7 Å². The fourth-order valence-corrected chi connectivity index (χ4v) is 3.70. The zero-order valence-electron chi connectivity index (χ0n) is 18.1. The van der Waals surface area contributed by atoms with E-state index in [0.717, 1.165) is 22.5 Å². The van der Waals surface area contributed by atoms with Crippen molar-refractivity contribution in [3.05, 3.63) is 65.3 Å². The molecule has 0 aliphatic heterocycles. The number of hydrogen-bond donors (Lipinski definition) is 1. The molecule has 1 N–H and O–H groups in total. The van der Waals surface area contributed by atoms with Crippen molar-refractivity contribution in [3.63, 3.8) is 0 Å². The molecule has 0 fully saturated rings. The number of carbonyl (C=O) groups excluding carboxylic acids is 1. The number of carbonyl (C=O) groups is 1. The minimum atomic E-state index is -0.450. The number of rotatable bonds is 5. The van der Waals surface area contributed by atoms with Crippen LogP contribution in [0.15, 0.2) is 40.9 Å². The van der Waals surface area contributed by atoms with Crippen LogP contribution in [0.3, 0.4) is 0 Å². The van der Waals surface area contributed by atoms with E-state index >= 15 is 0 Å². The first-order valence-electron chi connectivity index (χ1n) is 10.1. The van der Waals surface area contributed by atoms with Crippen molar-refractivity contribution in [1.82, 2.24) is 25.0 Å². The summed E-state index contributed by atoms with van der Waals surface area (Å²) in [6, 6.07) is 9.36. The van der Waals surface area contributed by atoms with Gasteiger partial charge in [0.05, 0.1) is 11.0 Å². The lowest BCUT2D eigenvalue weighted by Crippen LogP contribution is -2.27. The maximum absolute atomic E-state index is 13.5. The van der Waals surface area contributed by atoms with E-state index in [9.17, 15) is 9.18 Å². The number of aryl methyl sites for hydroxylation is 2. The van der Waals surface area contributed by atoms with Gasteiger partial charge in [-0.25, -0.2) is 9.37 Å². The molecule has 0 aliphatic rings. The summed E-state index contributed by atoms with van der Waals surface area (Å²) in [6.45, 7) is 7.64. The molecule has 4 aromatic rings. The zero-order valence-corrected chi connectivity index (χ0v) is 18.1. The van der Waals surface area contributed by atoms with Gasteiger partial charge in [0.2, 0.25) is 5.89 Å². The van der Waals surface area contributed by atoms with Crippen LogP contribution >= 0.6 is 0 Å². The molecule has 0 saturated carbocycles. The minimum Gasteiger partial charge on any atom is -0.341 e. The highest BCUT2D eigenvalue weighted by atomic mass is 19.1. The summed E-state index contributed by atoms with van der Waals surface area (Å²) < 4.78 is 20.7. The fraction of sp³-hybridized carbons (Fsp3) is 0.304. The van der Waals surface area contributed by atoms with E-state index in [1.807, 2.05) is 17.7 Å². The highest BCUT2D eigenvalue weighted by Gasteiger charge is 2.21. The average molecular weight is 421 g/mol. The van der Waals surface area contributed by atoms with Gasteiger partial charge >= 0.3 is 0 Å². The molecule has 2 aromatic heterocycles. The van der Waals surface area contributed by atoms with Gasteiger partial charge in [0.25, 0.3) is 5.91 Å². The van der Waals surface area contributed by atoms with Crippen molar-refractivity contribution in [2.24, 2.45) is 7.05 Å². The Hall–Kier alpha value is -3.55. The third-order valence-electron chi connectivity index (χ3n) is 5.20. The molecule has 0 aliphatic carbocycles. The van der Waals surface area contributed by atoms with E-state index in [0.29, 0.717) is 22.8 Å². The van der Waals surface area contributed by atoms with Gasteiger partial charge in [0.1, 0.15) is 17.7 Å². The molecular formula is C23H24FN5O2. The van der Waals surface area contributed by atoms with Crippen molar-refractivity contribution in [3.8, 4) is 11.1 Å². The summed E-state index contributed by atoms with van der Waals surface area (Å²) in [5.74, 6) is 1.36. The number of halogens is 1. The topological polar surface area (TPSA) is 85.8 Å². The summed E-state index contributed by atoms with van der Waals surface area (Å²) in [5, 5.41) is 6.66. The maximum atomic E-state index is 13.5. The Labute approximate surface area is 179 Å². The Morgan fingerprint density at radius 3 is 2.45 bits per heavy atom. The molecule has 4 rings (SSSR count). The quantitative estimate of drug-likeness (QED) is 0.505. The highest BCUT2D eigenvalue weighted by molar-refractivity contribution is 6.03. The number of aromatic nitrogens is 4. The van der Waals surface area contributed by atoms with Crippen molar-refractivity contribution in [1.29, 1.82) is 0 Å². The van der Waals surface area contributed by atoms with Gasteiger partial charge in [-0.15, -0.1) is 0 Å². The fourth-order valence-electron chi connectivity index (χ4n) is 3.70. The summed E-state index contributed by atoms with van der Waals surface area (Å²) in [4.78, 5) is 22.0. The minimum absolute atomic E-state index is 0.205. The summed E-state index contributed by atoms with van der Waals surface area (Å²) in [5.41, 5.74) is 3.67. The molecule has 31 heavy (non-hydrogen) atoms. The lowest BCUT2D eigenvalue weighted by atomic mass is 10.0. The second-order valence-electron chi connectivity index (χ2n) is 7.96. The molecule has 0 bridgehead atoms. The summed E-state index contributed by atoms with van der Waals surface area (Å²) in [6.07, 6.45) is 0. The number of hydrogen-bond acceptors (Lipinski definition) is 5. The normalized spacial score (nSPS) is 12.5. The van der Waals surface area contributed by atoms with Gasteiger partial charge in [-0.1, -0.05) is 31.1 Å². The third-order valence-corrected chi connectivity index (χ3v) is 5.20. The molecule has 2 aromatic carbocycles. The Morgan fingerprint density at radius 1 is 1.13 bits per heavy atom. The number of fused-ring (bicyclic) bond motifs is 1. The molecule has 0 saturated heterocycles. The van der Waals surface area contributed by atoms with E-state index in [2.05, 4.69) is 29.3 Å². The van der Waals surface area contributed by atoms with E-state index in [-0.39, 0.29) is 17.6 Å². The van der Waals surface area contributed by atoms with Crippen LogP contribution in [-0.4, -0.2) is 25.6 Å². The highest BCUT2D eigenvalue weighted by Crippen LogP contribution is 2.32. The number of amides is 1. The molecule has 7 nitrogen and oxygen atoms in total. The SMILES string of the molecule is Cc1noc([C@@H](C)NC(=O)c2cc(-c3ccc(F)cc3)c3c(c2)nc(C(C)C)n3C)n1. The maximum Gasteiger partial charge on any atom is 0.252 e. The Balaban J connectivity index is 1.80. The Morgan fingerprint density at radius 2 is 1.84 bits per heavy atom. The number of imidazole rings is 1. The molecule has 1 amide bonds. The first-order valence-corrected chi connectivity index (χ1v) is 10.1. The van der Waals surface area contributed by atoms with Crippen LogP contribution in [0.25, 0.3) is 22.2 Å².